The number of methoxy groups -OCH3 is 2. The number of ether oxygens (including phenoxy) is 4. The van der Waals surface area contributed by atoms with Crippen molar-refractivity contribution < 1.29 is 38.1 Å². The summed E-state index contributed by atoms with van der Waals surface area (Å²) < 4.78 is 25.1. The number of nitrogens with one attached hydrogen (secondary N) is 1. The lowest BCUT2D eigenvalue weighted by Crippen LogP contribution is -2.38. The first kappa shape index (κ1) is 40.9. The lowest BCUT2D eigenvalue weighted by Gasteiger charge is -2.31. The maximum atomic E-state index is 14.0. The molecule has 0 saturated heterocycles. The normalized spacial score (nSPS) is 15.8. The van der Waals surface area contributed by atoms with E-state index in [-0.39, 0.29) is 25.2 Å². The van der Waals surface area contributed by atoms with Crippen molar-refractivity contribution in [2.45, 2.75) is 92.2 Å². The number of nitrogens with zero attached hydrogens (tertiary/aromatic N) is 4. The second-order valence-corrected chi connectivity index (χ2v) is 15.0. The molecule has 308 valence electrons. The number of hydrogen-bond donors (Lipinski definition) is 1. The lowest BCUT2D eigenvalue weighted by molar-refractivity contribution is -0.155. The van der Waals surface area contributed by atoms with Gasteiger partial charge in [-0.25, -0.2) is 19.6 Å². The first-order chi connectivity index (χ1) is 28.4. The summed E-state index contributed by atoms with van der Waals surface area (Å²) in [5.74, 6) is -1.85. The Kier molecular flexibility index (Phi) is 11.7. The molecule has 0 amide bonds. The molecule has 8 rings (SSSR count). The molecule has 4 aliphatic heterocycles. The van der Waals surface area contributed by atoms with Crippen LogP contribution in [0.2, 0.25) is 0 Å². The van der Waals surface area contributed by atoms with Crippen LogP contribution in [0.5, 0.6) is 0 Å². The van der Waals surface area contributed by atoms with Gasteiger partial charge in [0.2, 0.25) is 0 Å². The monoisotopic (exact) mass is 801 g/mol. The first-order valence-electron chi connectivity index (χ1n) is 20.2. The minimum Gasteiger partial charge on any atom is -0.467 e. The highest BCUT2D eigenvalue weighted by Crippen LogP contribution is 2.42. The predicted molar refractivity (Wildman–Crippen MR) is 226 cm³/mol. The van der Waals surface area contributed by atoms with Crippen LogP contribution in [-0.4, -0.2) is 75.4 Å². The molecule has 13 heteroatoms. The van der Waals surface area contributed by atoms with E-state index in [1.807, 2.05) is 52.5 Å². The summed E-state index contributed by atoms with van der Waals surface area (Å²) in [6.45, 7) is 11.7. The molecule has 4 aromatic rings. The average molecular weight is 802 g/mol. The van der Waals surface area contributed by atoms with Crippen LogP contribution in [0.25, 0.3) is 55.4 Å². The van der Waals surface area contributed by atoms with E-state index < -0.39 is 24.0 Å². The first-order valence-corrected chi connectivity index (χ1v) is 20.2. The van der Waals surface area contributed by atoms with Gasteiger partial charge in [-0.2, -0.15) is 0 Å². The number of aromatic nitrogens is 5. The lowest BCUT2D eigenvalue weighted by atomic mass is 9.98. The number of aromatic amines is 1. The molecule has 59 heavy (non-hydrogen) atoms. The maximum absolute atomic E-state index is 14.0. The van der Waals surface area contributed by atoms with E-state index in [0.717, 1.165) is 85.4 Å². The molecule has 13 nitrogen and oxygen atoms in total. The summed E-state index contributed by atoms with van der Waals surface area (Å²) in [5.41, 5.74) is 13.9. The van der Waals surface area contributed by atoms with Crippen molar-refractivity contribution in [1.82, 2.24) is 24.1 Å². The third kappa shape index (κ3) is 7.61. The van der Waals surface area contributed by atoms with Crippen molar-refractivity contribution in [3.63, 3.8) is 0 Å². The molecule has 4 aliphatic rings. The smallest absolute Gasteiger partial charge is 0.331 e. The number of hydrogen-bond acceptors (Lipinski definition) is 10. The number of carbonyl (C=O) groups is 4. The summed E-state index contributed by atoms with van der Waals surface area (Å²) in [6.07, 6.45) is 3.96. The van der Waals surface area contributed by atoms with Crippen LogP contribution in [0, 0.1) is 6.92 Å². The topological polar surface area (TPSA) is 157 Å². The van der Waals surface area contributed by atoms with E-state index in [1.165, 1.54) is 28.1 Å². The molecule has 0 saturated carbocycles. The molecular weight excluding hydrogens is 751 g/mol. The van der Waals surface area contributed by atoms with E-state index in [9.17, 15) is 19.2 Å². The predicted octanol–water partition coefficient (Wildman–Crippen LogP) is 8.56. The number of allylic oxidation sites excluding steroid dienone is 4. The number of carbonyl (C=O) groups excluding carboxylic acids is 4. The van der Waals surface area contributed by atoms with E-state index >= 15 is 0 Å². The van der Waals surface area contributed by atoms with Gasteiger partial charge in [0.15, 0.2) is 12.1 Å². The average Bonchev–Trinajstić information content (AvgIpc) is 4.02. The number of fused-ring (bicyclic) bond motifs is 1. The molecule has 8 heterocycles. The highest BCUT2D eigenvalue weighted by molar-refractivity contribution is 5.98. The number of rotatable bonds is 12. The largest absolute Gasteiger partial charge is 0.467 e. The second-order valence-electron chi connectivity index (χ2n) is 15.0. The Hall–Kier alpha value is -6.24. The van der Waals surface area contributed by atoms with Gasteiger partial charge in [-0.05, 0) is 134 Å². The molecule has 0 spiro atoms. The Morgan fingerprint density at radius 3 is 1.69 bits per heavy atom. The summed E-state index contributed by atoms with van der Waals surface area (Å²) in [5, 5.41) is 0. The van der Waals surface area contributed by atoms with E-state index in [4.69, 9.17) is 28.9 Å². The molecule has 0 radical (unpaired) electrons. The zero-order valence-electron chi connectivity index (χ0n) is 35.0. The minimum atomic E-state index is -1.11. The van der Waals surface area contributed by atoms with Crippen LogP contribution in [0.15, 0.2) is 48.5 Å². The van der Waals surface area contributed by atoms with Gasteiger partial charge < -0.3 is 33.1 Å². The van der Waals surface area contributed by atoms with Crippen LogP contribution in [0.3, 0.4) is 0 Å². The Morgan fingerprint density at radius 2 is 1.15 bits per heavy atom. The summed E-state index contributed by atoms with van der Waals surface area (Å²) in [4.78, 5) is 65.3. The van der Waals surface area contributed by atoms with Gasteiger partial charge in [0.1, 0.15) is 0 Å². The maximum Gasteiger partial charge on any atom is 0.331 e. The van der Waals surface area contributed by atoms with Crippen LogP contribution in [0.4, 0.5) is 0 Å². The Balaban J connectivity index is 1.61. The van der Waals surface area contributed by atoms with Gasteiger partial charge in [-0.3, -0.25) is 9.59 Å². The quantitative estimate of drug-likeness (QED) is 0.0837. The van der Waals surface area contributed by atoms with Crippen molar-refractivity contribution in [3.8, 4) is 0 Å². The summed E-state index contributed by atoms with van der Waals surface area (Å²) >= 11 is 0. The highest BCUT2D eigenvalue weighted by atomic mass is 16.5. The van der Waals surface area contributed by atoms with Crippen molar-refractivity contribution in [2.75, 3.05) is 27.4 Å². The Morgan fingerprint density at radius 1 is 0.644 bits per heavy atom. The number of aryl methyl sites for hydroxylation is 2. The van der Waals surface area contributed by atoms with Crippen molar-refractivity contribution >= 4 is 79.3 Å². The van der Waals surface area contributed by atoms with Crippen LogP contribution < -0.4 is 0 Å². The standard InChI is InChI=1S/C46H51N5O8/c1-9-31-32(10-2)38-24-40-34(14-12-20-59-28(6)53)26(4)36(48-40)22-30-16-18-42-41-17-15-29(50(41)43(45(54)56-7)44(51(30)42)46(55)57-8)21-35-25(3)33(13-11-19-58-27(5)52)39(47-35)23-37(31)49-38/h15-18,21-24,43-44,47H,9-14,19-20H2,1-8H3. The minimum absolute atomic E-state index is 0.272. The molecule has 0 fully saturated rings. The molecule has 2 unspecified atom stereocenters. The summed E-state index contributed by atoms with van der Waals surface area (Å²) in [7, 11) is 2.63. The summed E-state index contributed by atoms with van der Waals surface area (Å²) in [6, 6.07) is 13.6. The fraction of sp³-hybridized carbons (Fsp3) is 0.391. The molecule has 4 aromatic heterocycles. The van der Waals surface area contributed by atoms with Crippen LogP contribution in [0.1, 0.15) is 113 Å². The zero-order chi connectivity index (χ0) is 42.1. The highest BCUT2D eigenvalue weighted by Gasteiger charge is 2.43. The Bertz CT molecular complexity index is 2660. The van der Waals surface area contributed by atoms with Gasteiger partial charge in [0, 0.05) is 35.9 Å². The molecule has 1 N–H and O–H groups in total. The Labute approximate surface area is 342 Å². The molecule has 2 atom stereocenters. The fourth-order valence-corrected chi connectivity index (χ4v) is 8.75. The molecular formula is C46H51N5O8. The van der Waals surface area contributed by atoms with Crippen LogP contribution in [-0.2, 0) is 44.5 Å². The molecule has 0 aromatic carbocycles. The van der Waals surface area contributed by atoms with Crippen molar-refractivity contribution in [1.29, 1.82) is 0 Å². The van der Waals surface area contributed by atoms with Gasteiger partial charge in [0.25, 0.3) is 0 Å². The van der Waals surface area contributed by atoms with Crippen molar-refractivity contribution in [3.05, 3.63) is 82.4 Å². The van der Waals surface area contributed by atoms with Gasteiger partial charge in [0.05, 0.1) is 61.2 Å². The number of esters is 4. The zero-order valence-corrected chi connectivity index (χ0v) is 35.0. The SMILES string of the molecule is CCC1=C(CC)c2cc3[nH]c(cc4ccc5c6ccc(cc7nc(cc1n2)C(CCCOC(C)=O)=C7C)n6C(C(=O)OC)C(C(=O)OC)n45)c(C)c3CCCOC(C)=O. The van der Waals surface area contributed by atoms with Crippen LogP contribution >= 0.6 is 0 Å². The molecule has 12 bridgehead atoms. The van der Waals surface area contributed by atoms with Gasteiger partial charge in [-0.1, -0.05) is 13.8 Å². The number of H-pyrrole nitrogens is 1. The van der Waals surface area contributed by atoms with Gasteiger partial charge in [-0.15, -0.1) is 0 Å². The molecule has 0 aliphatic carbocycles. The third-order valence-corrected chi connectivity index (χ3v) is 11.6. The fourth-order valence-electron chi connectivity index (χ4n) is 8.75. The second kappa shape index (κ2) is 16.9. The van der Waals surface area contributed by atoms with Crippen molar-refractivity contribution in [2.24, 2.45) is 0 Å². The van der Waals surface area contributed by atoms with E-state index in [1.54, 1.807) is 0 Å². The van der Waals surface area contributed by atoms with E-state index in [2.05, 4.69) is 37.9 Å². The van der Waals surface area contributed by atoms with E-state index in [0.29, 0.717) is 42.4 Å². The third-order valence-electron chi connectivity index (χ3n) is 11.6. The van der Waals surface area contributed by atoms with Gasteiger partial charge >= 0.3 is 23.9 Å².